The molecule has 118 valence electrons. The first-order valence-corrected chi connectivity index (χ1v) is 7.71. The van der Waals surface area contributed by atoms with Gasteiger partial charge in [0.05, 0.1) is 19.8 Å². The number of aliphatic hydroxyl groups is 1. The molecule has 1 aliphatic heterocycles. The van der Waals surface area contributed by atoms with Crippen LogP contribution < -0.4 is 4.74 Å². The number of ether oxygens (including phenoxy) is 2. The van der Waals surface area contributed by atoms with Gasteiger partial charge in [-0.1, -0.05) is 6.07 Å². The second-order valence-electron chi connectivity index (χ2n) is 6.03. The van der Waals surface area contributed by atoms with Gasteiger partial charge >= 0.3 is 0 Å². The van der Waals surface area contributed by atoms with Crippen molar-refractivity contribution in [3.05, 3.63) is 29.3 Å². The van der Waals surface area contributed by atoms with E-state index in [2.05, 4.69) is 11.9 Å². The number of nitrogens with zero attached hydrogens (tertiary/aromatic N) is 1. The van der Waals surface area contributed by atoms with Crippen molar-refractivity contribution in [1.29, 1.82) is 0 Å². The molecule has 4 heteroatoms. The van der Waals surface area contributed by atoms with Gasteiger partial charge in [-0.3, -0.25) is 0 Å². The minimum absolute atomic E-state index is 0.452. The number of rotatable bonds is 6. The van der Waals surface area contributed by atoms with Gasteiger partial charge in [-0.2, -0.15) is 0 Å². The zero-order valence-electron chi connectivity index (χ0n) is 13.3. The lowest BCUT2D eigenvalue weighted by atomic mass is 10.0. The molecule has 0 spiro atoms. The second-order valence-corrected chi connectivity index (χ2v) is 6.03. The Morgan fingerprint density at radius 2 is 2.29 bits per heavy atom. The van der Waals surface area contributed by atoms with Gasteiger partial charge in [0.1, 0.15) is 5.75 Å². The average Bonchev–Trinajstić information content (AvgIpc) is 2.48. The Balaban J connectivity index is 2.00. The van der Waals surface area contributed by atoms with E-state index in [1.807, 2.05) is 18.2 Å². The lowest BCUT2D eigenvalue weighted by Crippen LogP contribution is -2.30. The first kappa shape index (κ1) is 16.3. The molecule has 0 aliphatic carbocycles. The van der Waals surface area contributed by atoms with Crippen molar-refractivity contribution in [3.63, 3.8) is 0 Å². The van der Waals surface area contributed by atoms with Crippen molar-refractivity contribution in [3.8, 4) is 5.75 Å². The molecule has 1 saturated heterocycles. The van der Waals surface area contributed by atoms with Crippen LogP contribution in [0.25, 0.3) is 0 Å². The maximum Gasteiger partial charge on any atom is 0.123 e. The first-order valence-electron chi connectivity index (χ1n) is 7.71. The SMILES string of the molecule is COc1ccc(C(C)O)cc1CN(C)CC1CCCOC1. The zero-order valence-corrected chi connectivity index (χ0v) is 13.3. The summed E-state index contributed by atoms with van der Waals surface area (Å²) in [6.07, 6.45) is 1.96. The monoisotopic (exact) mass is 293 g/mol. The zero-order chi connectivity index (χ0) is 15.2. The van der Waals surface area contributed by atoms with Crippen molar-refractivity contribution < 1.29 is 14.6 Å². The summed E-state index contributed by atoms with van der Waals surface area (Å²) in [5.41, 5.74) is 2.05. The van der Waals surface area contributed by atoms with Crippen LogP contribution >= 0.6 is 0 Å². The molecular weight excluding hydrogens is 266 g/mol. The van der Waals surface area contributed by atoms with Gasteiger partial charge in [-0.25, -0.2) is 0 Å². The van der Waals surface area contributed by atoms with Crippen LogP contribution in [0.5, 0.6) is 5.75 Å². The summed E-state index contributed by atoms with van der Waals surface area (Å²) in [4.78, 5) is 2.31. The molecule has 2 unspecified atom stereocenters. The van der Waals surface area contributed by atoms with Crippen LogP contribution in [0.4, 0.5) is 0 Å². The fourth-order valence-electron chi connectivity index (χ4n) is 2.93. The third kappa shape index (κ3) is 4.70. The van der Waals surface area contributed by atoms with Gasteiger partial charge in [-0.15, -0.1) is 0 Å². The van der Waals surface area contributed by atoms with Gasteiger partial charge in [-0.05, 0) is 50.4 Å². The highest BCUT2D eigenvalue weighted by molar-refractivity contribution is 5.38. The number of aliphatic hydroxyl groups excluding tert-OH is 1. The molecule has 1 aromatic carbocycles. The average molecular weight is 293 g/mol. The number of hydrogen-bond acceptors (Lipinski definition) is 4. The van der Waals surface area contributed by atoms with Gasteiger partial charge < -0.3 is 19.5 Å². The van der Waals surface area contributed by atoms with Gasteiger partial charge in [0, 0.05) is 25.3 Å². The predicted molar refractivity (Wildman–Crippen MR) is 83.5 cm³/mol. The number of hydrogen-bond donors (Lipinski definition) is 1. The first-order chi connectivity index (χ1) is 10.1. The summed E-state index contributed by atoms with van der Waals surface area (Å²) in [6, 6.07) is 5.90. The van der Waals surface area contributed by atoms with Crippen molar-refractivity contribution in [2.24, 2.45) is 5.92 Å². The number of methoxy groups -OCH3 is 1. The molecular formula is C17H27NO3. The Labute approximate surface area is 127 Å². The van der Waals surface area contributed by atoms with E-state index in [0.29, 0.717) is 5.92 Å². The molecule has 4 nitrogen and oxygen atoms in total. The molecule has 1 N–H and O–H groups in total. The quantitative estimate of drug-likeness (QED) is 0.875. The van der Waals surface area contributed by atoms with E-state index in [9.17, 15) is 5.11 Å². The van der Waals surface area contributed by atoms with Crippen molar-refractivity contribution in [1.82, 2.24) is 4.90 Å². The maximum atomic E-state index is 9.74. The van der Waals surface area contributed by atoms with Crippen LogP contribution in [0.1, 0.15) is 37.0 Å². The molecule has 1 fully saturated rings. The number of benzene rings is 1. The Kier molecular flexibility index (Phi) is 6.03. The van der Waals surface area contributed by atoms with Gasteiger partial charge in [0.25, 0.3) is 0 Å². The lowest BCUT2D eigenvalue weighted by Gasteiger charge is -2.27. The largest absolute Gasteiger partial charge is 0.496 e. The highest BCUT2D eigenvalue weighted by Crippen LogP contribution is 2.25. The van der Waals surface area contributed by atoms with E-state index in [-0.39, 0.29) is 0 Å². The predicted octanol–water partition coefficient (Wildman–Crippen LogP) is 2.61. The van der Waals surface area contributed by atoms with E-state index in [1.165, 1.54) is 12.8 Å². The molecule has 2 rings (SSSR count). The van der Waals surface area contributed by atoms with Crippen molar-refractivity contribution >= 4 is 0 Å². The van der Waals surface area contributed by atoms with Crippen LogP contribution in [-0.4, -0.2) is 43.9 Å². The molecule has 0 bridgehead atoms. The van der Waals surface area contributed by atoms with E-state index in [1.54, 1.807) is 14.0 Å². The fourth-order valence-corrected chi connectivity index (χ4v) is 2.93. The molecule has 2 atom stereocenters. The molecule has 1 aliphatic rings. The molecule has 0 radical (unpaired) electrons. The summed E-state index contributed by atoms with van der Waals surface area (Å²) in [5, 5.41) is 9.74. The summed E-state index contributed by atoms with van der Waals surface area (Å²) >= 11 is 0. The lowest BCUT2D eigenvalue weighted by molar-refractivity contribution is 0.0411. The van der Waals surface area contributed by atoms with Crippen LogP contribution in [0, 0.1) is 5.92 Å². The van der Waals surface area contributed by atoms with Gasteiger partial charge in [0.15, 0.2) is 0 Å². The standard InChI is InChI=1S/C17H27NO3/c1-13(19)15-6-7-17(20-3)16(9-15)11-18(2)10-14-5-4-8-21-12-14/h6-7,9,13-14,19H,4-5,8,10-12H2,1-3H3. The van der Waals surface area contributed by atoms with E-state index in [4.69, 9.17) is 9.47 Å². The van der Waals surface area contributed by atoms with E-state index in [0.717, 1.165) is 43.2 Å². The highest BCUT2D eigenvalue weighted by atomic mass is 16.5. The van der Waals surface area contributed by atoms with Gasteiger partial charge in [0.2, 0.25) is 0 Å². The summed E-state index contributed by atoms with van der Waals surface area (Å²) < 4.78 is 11.0. The molecule has 21 heavy (non-hydrogen) atoms. The summed E-state index contributed by atoms with van der Waals surface area (Å²) in [5.74, 6) is 1.50. The smallest absolute Gasteiger partial charge is 0.123 e. The van der Waals surface area contributed by atoms with Crippen LogP contribution in [0.2, 0.25) is 0 Å². The summed E-state index contributed by atoms with van der Waals surface area (Å²) in [6.45, 7) is 5.41. The minimum atomic E-state index is -0.452. The fraction of sp³-hybridized carbons (Fsp3) is 0.647. The summed E-state index contributed by atoms with van der Waals surface area (Å²) in [7, 11) is 3.82. The third-order valence-corrected chi connectivity index (χ3v) is 4.05. The van der Waals surface area contributed by atoms with E-state index >= 15 is 0 Å². The Hall–Kier alpha value is -1.10. The molecule has 1 heterocycles. The topological polar surface area (TPSA) is 41.9 Å². The Bertz CT molecular complexity index is 442. The van der Waals surface area contributed by atoms with Crippen LogP contribution in [-0.2, 0) is 11.3 Å². The van der Waals surface area contributed by atoms with Crippen LogP contribution in [0.15, 0.2) is 18.2 Å². The minimum Gasteiger partial charge on any atom is -0.496 e. The highest BCUT2D eigenvalue weighted by Gasteiger charge is 2.17. The second kappa shape index (κ2) is 7.78. The molecule has 1 aromatic rings. The Morgan fingerprint density at radius 1 is 1.48 bits per heavy atom. The normalized spacial score (nSPS) is 20.5. The third-order valence-electron chi connectivity index (χ3n) is 4.05. The van der Waals surface area contributed by atoms with Crippen LogP contribution in [0.3, 0.4) is 0 Å². The molecule has 0 aromatic heterocycles. The Morgan fingerprint density at radius 3 is 2.90 bits per heavy atom. The van der Waals surface area contributed by atoms with Crippen molar-refractivity contribution in [2.45, 2.75) is 32.4 Å². The molecule has 0 amide bonds. The van der Waals surface area contributed by atoms with Crippen molar-refractivity contribution in [2.75, 3.05) is 33.9 Å². The van der Waals surface area contributed by atoms with E-state index < -0.39 is 6.10 Å². The molecule has 0 saturated carbocycles. The maximum absolute atomic E-state index is 9.74.